The summed E-state index contributed by atoms with van der Waals surface area (Å²) in [5.74, 6) is -0.327. The highest BCUT2D eigenvalue weighted by Gasteiger charge is 2.36. The van der Waals surface area contributed by atoms with Crippen LogP contribution in [0, 0.1) is 0 Å². The number of likely N-dealkylation sites (tertiary alicyclic amines) is 1. The van der Waals surface area contributed by atoms with Crippen molar-refractivity contribution in [3.8, 4) is 0 Å². The SMILES string of the molecule is CCC(=O)N[C@@H](C)C(=O)N1CCC[C@H]1C(=O)NC1CCCCCC1. The lowest BCUT2D eigenvalue weighted by molar-refractivity contribution is -0.141. The molecule has 0 aromatic heterocycles. The van der Waals surface area contributed by atoms with E-state index in [1.165, 1.54) is 25.7 Å². The highest BCUT2D eigenvalue weighted by molar-refractivity contribution is 5.92. The molecule has 0 unspecified atom stereocenters. The molecule has 1 aliphatic carbocycles. The van der Waals surface area contributed by atoms with Gasteiger partial charge in [0.2, 0.25) is 17.7 Å². The zero-order chi connectivity index (χ0) is 17.5. The van der Waals surface area contributed by atoms with E-state index in [2.05, 4.69) is 10.6 Å². The summed E-state index contributed by atoms with van der Waals surface area (Å²) < 4.78 is 0. The molecule has 2 fully saturated rings. The number of rotatable bonds is 5. The van der Waals surface area contributed by atoms with E-state index in [1.807, 2.05) is 0 Å². The number of carbonyl (C=O) groups is 3. The molecule has 0 aromatic carbocycles. The van der Waals surface area contributed by atoms with E-state index in [-0.39, 0.29) is 29.8 Å². The Morgan fingerprint density at radius 3 is 2.33 bits per heavy atom. The molecular weight excluding hydrogens is 306 g/mol. The average molecular weight is 337 g/mol. The first-order valence-corrected chi connectivity index (χ1v) is 9.43. The summed E-state index contributed by atoms with van der Waals surface area (Å²) in [7, 11) is 0. The molecule has 0 aromatic rings. The zero-order valence-corrected chi connectivity index (χ0v) is 15.0. The predicted molar refractivity (Wildman–Crippen MR) is 92.3 cm³/mol. The van der Waals surface area contributed by atoms with Gasteiger partial charge in [-0.05, 0) is 32.6 Å². The number of nitrogens with zero attached hydrogens (tertiary/aromatic N) is 1. The van der Waals surface area contributed by atoms with Crippen LogP contribution in [0.1, 0.15) is 71.6 Å². The van der Waals surface area contributed by atoms with Crippen molar-refractivity contribution in [3.63, 3.8) is 0 Å². The second-order valence-corrected chi connectivity index (χ2v) is 7.03. The van der Waals surface area contributed by atoms with Crippen molar-refractivity contribution < 1.29 is 14.4 Å². The van der Waals surface area contributed by atoms with E-state index >= 15 is 0 Å². The van der Waals surface area contributed by atoms with Crippen LogP contribution in [0.4, 0.5) is 0 Å². The predicted octanol–water partition coefficient (Wildman–Crippen LogP) is 1.73. The highest BCUT2D eigenvalue weighted by atomic mass is 16.2. The minimum absolute atomic E-state index is 0.0261. The first-order valence-electron chi connectivity index (χ1n) is 9.43. The van der Waals surface area contributed by atoms with Gasteiger partial charge >= 0.3 is 0 Å². The Kier molecular flexibility index (Phi) is 7.06. The van der Waals surface area contributed by atoms with Crippen LogP contribution >= 0.6 is 0 Å². The number of carbonyl (C=O) groups excluding carboxylic acids is 3. The number of amides is 3. The molecule has 1 saturated heterocycles. The van der Waals surface area contributed by atoms with Gasteiger partial charge in [-0.3, -0.25) is 14.4 Å². The molecule has 0 bridgehead atoms. The topological polar surface area (TPSA) is 78.5 Å². The fraction of sp³-hybridized carbons (Fsp3) is 0.833. The van der Waals surface area contributed by atoms with Crippen LogP contribution in [0.5, 0.6) is 0 Å². The fourth-order valence-electron chi connectivity index (χ4n) is 3.68. The summed E-state index contributed by atoms with van der Waals surface area (Å²) in [5, 5.41) is 5.85. The molecule has 2 aliphatic rings. The van der Waals surface area contributed by atoms with Crippen molar-refractivity contribution in [2.24, 2.45) is 0 Å². The third kappa shape index (κ3) is 4.95. The van der Waals surface area contributed by atoms with Crippen LogP contribution in [0.25, 0.3) is 0 Å². The Labute approximate surface area is 144 Å². The summed E-state index contributed by atoms with van der Waals surface area (Å²) in [5.41, 5.74) is 0. The third-order valence-corrected chi connectivity index (χ3v) is 5.11. The number of hydrogen-bond acceptors (Lipinski definition) is 3. The van der Waals surface area contributed by atoms with Gasteiger partial charge in [0.15, 0.2) is 0 Å². The maximum atomic E-state index is 12.6. The standard InChI is InChI=1S/C18H31N3O3/c1-3-16(22)19-13(2)18(24)21-12-8-11-15(21)17(23)20-14-9-6-4-5-7-10-14/h13-15H,3-12H2,1-2H3,(H,19,22)(H,20,23)/t13-,15-/m0/s1. The molecule has 1 aliphatic heterocycles. The molecule has 136 valence electrons. The second kappa shape index (κ2) is 9.04. The van der Waals surface area contributed by atoms with E-state index in [0.29, 0.717) is 19.4 Å². The second-order valence-electron chi connectivity index (χ2n) is 7.03. The van der Waals surface area contributed by atoms with E-state index in [1.54, 1.807) is 18.7 Å². The fourth-order valence-corrected chi connectivity index (χ4v) is 3.68. The lowest BCUT2D eigenvalue weighted by Gasteiger charge is -2.28. The Morgan fingerprint density at radius 2 is 1.71 bits per heavy atom. The molecular formula is C18H31N3O3. The first kappa shape index (κ1) is 18.7. The van der Waals surface area contributed by atoms with Crippen LogP contribution in [-0.4, -0.2) is 47.3 Å². The minimum atomic E-state index is -0.580. The molecule has 2 atom stereocenters. The van der Waals surface area contributed by atoms with Gasteiger partial charge in [-0.1, -0.05) is 32.6 Å². The summed E-state index contributed by atoms with van der Waals surface area (Å²) in [6.45, 7) is 4.04. The lowest BCUT2D eigenvalue weighted by atomic mass is 10.1. The van der Waals surface area contributed by atoms with Crippen LogP contribution in [0.15, 0.2) is 0 Å². The van der Waals surface area contributed by atoms with E-state index < -0.39 is 6.04 Å². The Balaban J connectivity index is 1.92. The molecule has 1 heterocycles. The van der Waals surface area contributed by atoms with Gasteiger partial charge in [-0.2, -0.15) is 0 Å². The molecule has 6 nitrogen and oxygen atoms in total. The van der Waals surface area contributed by atoms with Gasteiger partial charge in [0.1, 0.15) is 12.1 Å². The van der Waals surface area contributed by atoms with Crippen LogP contribution in [0.2, 0.25) is 0 Å². The molecule has 2 rings (SSSR count). The Morgan fingerprint density at radius 1 is 1.04 bits per heavy atom. The van der Waals surface area contributed by atoms with E-state index in [0.717, 1.165) is 19.3 Å². The van der Waals surface area contributed by atoms with Crippen molar-refractivity contribution in [3.05, 3.63) is 0 Å². The smallest absolute Gasteiger partial charge is 0.245 e. The monoisotopic (exact) mass is 337 g/mol. The molecule has 0 spiro atoms. The Bertz CT molecular complexity index is 458. The van der Waals surface area contributed by atoms with Gasteiger partial charge in [0.25, 0.3) is 0 Å². The summed E-state index contributed by atoms with van der Waals surface area (Å²) in [4.78, 5) is 38.4. The van der Waals surface area contributed by atoms with Gasteiger partial charge in [0, 0.05) is 19.0 Å². The number of nitrogens with one attached hydrogen (secondary N) is 2. The van der Waals surface area contributed by atoms with Gasteiger partial charge < -0.3 is 15.5 Å². The van der Waals surface area contributed by atoms with Crippen molar-refractivity contribution in [1.82, 2.24) is 15.5 Å². The summed E-state index contributed by atoms with van der Waals surface area (Å²) in [6, 6.07) is -0.722. The lowest BCUT2D eigenvalue weighted by Crippen LogP contribution is -2.53. The van der Waals surface area contributed by atoms with Crippen molar-refractivity contribution in [1.29, 1.82) is 0 Å². The largest absolute Gasteiger partial charge is 0.352 e. The van der Waals surface area contributed by atoms with Crippen LogP contribution in [-0.2, 0) is 14.4 Å². The van der Waals surface area contributed by atoms with Crippen molar-refractivity contribution in [2.45, 2.75) is 89.8 Å². The normalized spacial score (nSPS) is 23.4. The van der Waals surface area contributed by atoms with Crippen molar-refractivity contribution >= 4 is 17.7 Å². The summed E-state index contributed by atoms with van der Waals surface area (Å²) in [6.07, 6.45) is 8.79. The van der Waals surface area contributed by atoms with Gasteiger partial charge in [-0.15, -0.1) is 0 Å². The zero-order valence-electron chi connectivity index (χ0n) is 15.0. The van der Waals surface area contributed by atoms with Crippen molar-refractivity contribution in [2.75, 3.05) is 6.54 Å². The third-order valence-electron chi connectivity index (χ3n) is 5.11. The summed E-state index contributed by atoms with van der Waals surface area (Å²) >= 11 is 0. The van der Waals surface area contributed by atoms with E-state index in [4.69, 9.17) is 0 Å². The molecule has 24 heavy (non-hydrogen) atoms. The number of hydrogen-bond donors (Lipinski definition) is 2. The Hall–Kier alpha value is -1.59. The minimum Gasteiger partial charge on any atom is -0.352 e. The molecule has 6 heteroatoms. The molecule has 0 radical (unpaired) electrons. The van der Waals surface area contributed by atoms with E-state index in [9.17, 15) is 14.4 Å². The average Bonchev–Trinajstić information content (AvgIpc) is 2.92. The molecule has 1 saturated carbocycles. The van der Waals surface area contributed by atoms with Gasteiger partial charge in [0.05, 0.1) is 0 Å². The quantitative estimate of drug-likeness (QED) is 0.750. The molecule has 3 amide bonds. The molecule has 2 N–H and O–H groups in total. The van der Waals surface area contributed by atoms with Crippen LogP contribution in [0.3, 0.4) is 0 Å². The van der Waals surface area contributed by atoms with Crippen LogP contribution < -0.4 is 10.6 Å². The first-order chi connectivity index (χ1) is 11.5. The highest BCUT2D eigenvalue weighted by Crippen LogP contribution is 2.21. The van der Waals surface area contributed by atoms with Gasteiger partial charge in [-0.25, -0.2) is 0 Å². The maximum Gasteiger partial charge on any atom is 0.245 e. The maximum absolute atomic E-state index is 12.6.